The normalized spacial score (nSPS) is 42.2. The van der Waals surface area contributed by atoms with Crippen LogP contribution in [0.25, 0.3) is 0 Å². The fraction of sp³-hybridized carbons (Fsp3) is 0.739. The first-order valence-corrected chi connectivity index (χ1v) is 10.6. The minimum atomic E-state index is 0.496. The van der Waals surface area contributed by atoms with Gasteiger partial charge in [0.15, 0.2) is 0 Å². The summed E-state index contributed by atoms with van der Waals surface area (Å²) in [7, 11) is 2.26. The fourth-order valence-corrected chi connectivity index (χ4v) is 7.47. The molecule has 0 spiro atoms. The monoisotopic (exact) mass is 338 g/mol. The van der Waals surface area contributed by atoms with Gasteiger partial charge < -0.3 is 10.2 Å². The van der Waals surface area contributed by atoms with Crippen molar-refractivity contribution in [1.82, 2.24) is 10.2 Å². The van der Waals surface area contributed by atoms with Crippen LogP contribution in [0.3, 0.4) is 0 Å². The summed E-state index contributed by atoms with van der Waals surface area (Å²) in [5, 5.41) is 4.13. The second-order valence-corrected chi connectivity index (χ2v) is 9.93. The Labute approximate surface area is 153 Å². The van der Waals surface area contributed by atoms with E-state index in [2.05, 4.69) is 54.5 Å². The largest absolute Gasteiger partial charge is 0.311 e. The highest BCUT2D eigenvalue weighted by Gasteiger charge is 2.65. The van der Waals surface area contributed by atoms with Crippen LogP contribution in [-0.4, -0.2) is 37.1 Å². The molecule has 1 heterocycles. The zero-order chi connectivity index (χ0) is 17.1. The predicted octanol–water partition coefficient (Wildman–Crippen LogP) is 4.21. The van der Waals surface area contributed by atoms with Crippen molar-refractivity contribution in [2.45, 2.75) is 69.4 Å². The Hall–Kier alpha value is -0.860. The third-order valence-electron chi connectivity index (χ3n) is 8.54. The highest BCUT2D eigenvalue weighted by Crippen LogP contribution is 2.71. The number of nitrogens with one attached hydrogen (secondary N) is 1. The van der Waals surface area contributed by atoms with E-state index < -0.39 is 0 Å². The van der Waals surface area contributed by atoms with Gasteiger partial charge >= 0.3 is 0 Å². The average Bonchev–Trinajstić information content (AvgIpc) is 3.02. The minimum absolute atomic E-state index is 0.496. The Kier molecular flexibility index (Phi) is 3.80. The van der Waals surface area contributed by atoms with Gasteiger partial charge in [0.2, 0.25) is 0 Å². The molecule has 136 valence electrons. The molecule has 2 nitrogen and oxygen atoms in total. The lowest BCUT2D eigenvalue weighted by atomic mass is 9.62. The highest BCUT2D eigenvalue weighted by atomic mass is 15.1. The molecule has 0 aromatic heterocycles. The number of rotatable bonds is 4. The smallest absolute Gasteiger partial charge is 0.0101 e. The van der Waals surface area contributed by atoms with Gasteiger partial charge in [0.1, 0.15) is 0 Å². The van der Waals surface area contributed by atoms with Crippen molar-refractivity contribution in [3.8, 4) is 0 Å². The van der Waals surface area contributed by atoms with Crippen LogP contribution in [0.5, 0.6) is 0 Å². The standard InChI is InChI=1S/C23H34N2/c1-17(24-21-8-10-25(2)11-9-21)23-14-18-12-20(23)15-22(13-18,16-23)19-6-4-3-5-7-19/h3-7,17-18,20-21,24H,8-16H2,1-2H3. The number of piperidine rings is 1. The molecule has 5 unspecified atom stereocenters. The average molecular weight is 339 g/mol. The van der Waals surface area contributed by atoms with Crippen molar-refractivity contribution >= 4 is 0 Å². The van der Waals surface area contributed by atoms with Gasteiger partial charge in [-0.1, -0.05) is 30.3 Å². The molecule has 1 aromatic rings. The Morgan fingerprint density at radius 3 is 2.60 bits per heavy atom. The van der Waals surface area contributed by atoms with E-state index in [9.17, 15) is 0 Å². The molecule has 4 aliphatic carbocycles. The Balaban J connectivity index is 1.37. The molecule has 1 saturated heterocycles. The molecule has 5 atom stereocenters. The summed E-state index contributed by atoms with van der Waals surface area (Å²) >= 11 is 0. The second-order valence-electron chi connectivity index (χ2n) is 9.93. The van der Waals surface area contributed by atoms with Gasteiger partial charge in [-0.15, -0.1) is 0 Å². The first kappa shape index (κ1) is 16.3. The van der Waals surface area contributed by atoms with Crippen molar-refractivity contribution in [2.75, 3.05) is 20.1 Å². The molecular weight excluding hydrogens is 304 g/mol. The Bertz CT molecular complexity index is 620. The first-order chi connectivity index (χ1) is 12.1. The Morgan fingerprint density at radius 1 is 1.08 bits per heavy atom. The SMILES string of the molecule is CC(NC1CCN(C)CC1)C12CC3CC1CC(c1ccccc1)(C3)C2. The summed E-state index contributed by atoms with van der Waals surface area (Å²) in [6.07, 6.45) is 10.00. The van der Waals surface area contributed by atoms with E-state index in [1.54, 1.807) is 5.56 Å². The lowest BCUT2D eigenvalue weighted by molar-refractivity contribution is 0.111. The molecule has 0 radical (unpaired) electrons. The maximum atomic E-state index is 4.13. The summed E-state index contributed by atoms with van der Waals surface area (Å²) in [5.74, 6) is 1.94. The molecule has 25 heavy (non-hydrogen) atoms. The van der Waals surface area contributed by atoms with Crippen LogP contribution in [0, 0.1) is 17.3 Å². The van der Waals surface area contributed by atoms with Gasteiger partial charge in [-0.2, -0.15) is 0 Å². The topological polar surface area (TPSA) is 15.3 Å². The van der Waals surface area contributed by atoms with Crippen LogP contribution in [0.2, 0.25) is 0 Å². The van der Waals surface area contributed by atoms with E-state index in [-0.39, 0.29) is 0 Å². The molecule has 2 heteroatoms. The van der Waals surface area contributed by atoms with Crippen LogP contribution in [0.15, 0.2) is 30.3 Å². The molecule has 5 aliphatic rings. The highest BCUT2D eigenvalue weighted by molar-refractivity contribution is 5.33. The molecular formula is C23H34N2. The lowest BCUT2D eigenvalue weighted by Gasteiger charge is -2.45. The van der Waals surface area contributed by atoms with Gasteiger partial charge in [0.05, 0.1) is 0 Å². The molecule has 0 amide bonds. The van der Waals surface area contributed by atoms with Crippen LogP contribution >= 0.6 is 0 Å². The lowest BCUT2D eigenvalue weighted by Crippen LogP contribution is -2.52. The molecule has 1 aliphatic heterocycles. The first-order valence-electron chi connectivity index (χ1n) is 10.6. The summed E-state index contributed by atoms with van der Waals surface area (Å²) in [6.45, 7) is 5.05. The van der Waals surface area contributed by atoms with E-state index in [0.29, 0.717) is 16.9 Å². The maximum Gasteiger partial charge on any atom is 0.0101 e. The van der Waals surface area contributed by atoms with Crippen LogP contribution < -0.4 is 5.32 Å². The minimum Gasteiger partial charge on any atom is -0.311 e. The van der Waals surface area contributed by atoms with Gasteiger partial charge in [-0.05, 0) is 100 Å². The maximum absolute atomic E-state index is 4.13. The number of nitrogens with zero attached hydrogens (tertiary/aromatic N) is 1. The van der Waals surface area contributed by atoms with Gasteiger partial charge in [0, 0.05) is 12.1 Å². The Morgan fingerprint density at radius 2 is 1.84 bits per heavy atom. The van der Waals surface area contributed by atoms with Gasteiger partial charge in [-0.3, -0.25) is 0 Å². The number of benzene rings is 1. The van der Waals surface area contributed by atoms with Gasteiger partial charge in [0.25, 0.3) is 0 Å². The van der Waals surface area contributed by atoms with Crippen molar-refractivity contribution in [2.24, 2.45) is 17.3 Å². The van der Waals surface area contributed by atoms with E-state index in [0.717, 1.165) is 17.9 Å². The van der Waals surface area contributed by atoms with Crippen molar-refractivity contribution in [1.29, 1.82) is 0 Å². The molecule has 4 bridgehead atoms. The summed E-state index contributed by atoms with van der Waals surface area (Å²) in [5.41, 5.74) is 2.70. The van der Waals surface area contributed by atoms with Gasteiger partial charge in [-0.25, -0.2) is 0 Å². The fourth-order valence-electron chi connectivity index (χ4n) is 7.47. The summed E-state index contributed by atoms with van der Waals surface area (Å²) in [4.78, 5) is 2.48. The van der Waals surface area contributed by atoms with Crippen LogP contribution in [0.4, 0.5) is 0 Å². The van der Waals surface area contributed by atoms with E-state index >= 15 is 0 Å². The van der Waals surface area contributed by atoms with Crippen LogP contribution in [0.1, 0.15) is 57.4 Å². The molecule has 6 rings (SSSR count). The summed E-state index contributed by atoms with van der Waals surface area (Å²) in [6, 6.07) is 12.9. The van der Waals surface area contributed by atoms with Crippen LogP contribution in [-0.2, 0) is 5.41 Å². The van der Waals surface area contributed by atoms with Crippen molar-refractivity contribution in [3.05, 3.63) is 35.9 Å². The second kappa shape index (κ2) is 5.82. The zero-order valence-corrected chi connectivity index (χ0v) is 16.0. The third kappa shape index (κ3) is 2.51. The zero-order valence-electron chi connectivity index (χ0n) is 16.0. The van der Waals surface area contributed by atoms with Crippen molar-refractivity contribution in [3.63, 3.8) is 0 Å². The summed E-state index contributed by atoms with van der Waals surface area (Å²) < 4.78 is 0. The molecule has 5 fully saturated rings. The number of likely N-dealkylation sites (tertiary alicyclic amines) is 1. The third-order valence-corrected chi connectivity index (χ3v) is 8.54. The molecule has 4 saturated carbocycles. The number of hydrogen-bond acceptors (Lipinski definition) is 2. The van der Waals surface area contributed by atoms with E-state index in [1.165, 1.54) is 58.0 Å². The number of hydrogen-bond donors (Lipinski definition) is 1. The molecule has 1 N–H and O–H groups in total. The van der Waals surface area contributed by atoms with Crippen molar-refractivity contribution < 1.29 is 0 Å². The predicted molar refractivity (Wildman–Crippen MR) is 104 cm³/mol. The quantitative estimate of drug-likeness (QED) is 0.885. The van der Waals surface area contributed by atoms with E-state index in [1.807, 2.05) is 0 Å². The molecule has 1 aromatic carbocycles. The van der Waals surface area contributed by atoms with E-state index in [4.69, 9.17) is 0 Å².